The summed E-state index contributed by atoms with van der Waals surface area (Å²) < 4.78 is 0. The van der Waals surface area contributed by atoms with E-state index in [4.69, 9.17) is 0 Å². The van der Waals surface area contributed by atoms with Gasteiger partial charge in [-0.2, -0.15) is 0 Å². The van der Waals surface area contributed by atoms with Gasteiger partial charge in [0.2, 0.25) is 0 Å². The minimum absolute atomic E-state index is 0.240. The van der Waals surface area contributed by atoms with E-state index in [0.29, 0.717) is 24.5 Å². The Balaban J connectivity index is 2.50. The Kier molecular flexibility index (Phi) is 2.32. The van der Waals surface area contributed by atoms with Crippen LogP contribution in [-0.4, -0.2) is 11.6 Å². The first-order valence-corrected chi connectivity index (χ1v) is 5.72. The summed E-state index contributed by atoms with van der Waals surface area (Å²) in [5, 5.41) is 0. The average Bonchev–Trinajstić information content (AvgIpc) is 2.17. The number of rotatable bonds is 0. The van der Waals surface area contributed by atoms with Gasteiger partial charge >= 0.3 is 0 Å². The predicted molar refractivity (Wildman–Crippen MR) is 58.5 cm³/mol. The molecule has 2 atom stereocenters. The molecular weight excluding hydrogens is 188 g/mol. The van der Waals surface area contributed by atoms with Crippen molar-refractivity contribution < 1.29 is 9.59 Å². The fourth-order valence-corrected chi connectivity index (χ4v) is 2.93. The topological polar surface area (TPSA) is 34.1 Å². The second kappa shape index (κ2) is 3.29. The van der Waals surface area contributed by atoms with Crippen molar-refractivity contribution >= 4 is 11.6 Å². The van der Waals surface area contributed by atoms with Crippen molar-refractivity contribution in [2.75, 3.05) is 0 Å². The summed E-state index contributed by atoms with van der Waals surface area (Å²) in [6, 6.07) is 0. The largest absolute Gasteiger partial charge is 0.299 e. The van der Waals surface area contributed by atoms with Gasteiger partial charge in [0, 0.05) is 18.3 Å². The molecule has 0 aromatic carbocycles. The predicted octanol–water partition coefficient (Wildman–Crippen LogP) is 2.67. The third kappa shape index (κ3) is 1.47. The lowest BCUT2D eigenvalue weighted by molar-refractivity contribution is -0.130. The van der Waals surface area contributed by atoms with E-state index in [2.05, 4.69) is 6.92 Å². The third-order valence-electron chi connectivity index (χ3n) is 4.09. The Morgan fingerprint density at radius 3 is 2.60 bits per heavy atom. The van der Waals surface area contributed by atoms with E-state index in [-0.39, 0.29) is 11.2 Å². The first kappa shape index (κ1) is 10.6. The van der Waals surface area contributed by atoms with Gasteiger partial charge in [-0.15, -0.1) is 0 Å². The summed E-state index contributed by atoms with van der Waals surface area (Å²) in [6.07, 6.45) is 2.89. The molecule has 2 nitrogen and oxygen atoms in total. The first-order chi connectivity index (χ1) is 6.95. The summed E-state index contributed by atoms with van der Waals surface area (Å²) >= 11 is 0. The molecule has 15 heavy (non-hydrogen) atoms. The van der Waals surface area contributed by atoms with Crippen molar-refractivity contribution in [3.63, 3.8) is 0 Å². The number of Topliss-reactive ketones (excluding diaryl/α,β-unsaturated/α-hetero) is 2. The van der Waals surface area contributed by atoms with Gasteiger partial charge < -0.3 is 0 Å². The van der Waals surface area contributed by atoms with Crippen molar-refractivity contribution in [1.29, 1.82) is 0 Å². The van der Waals surface area contributed by atoms with Gasteiger partial charge in [0.25, 0.3) is 0 Å². The van der Waals surface area contributed by atoms with E-state index in [1.54, 1.807) is 0 Å². The standard InChI is InChI=1S/C13H18O2/c1-8-6-10-9(2)11(14)4-5-13(10,3)12(15)7-8/h8H,4-7H2,1-3H3/t8-,13+/m1/s1. The van der Waals surface area contributed by atoms with Crippen LogP contribution < -0.4 is 0 Å². The lowest BCUT2D eigenvalue weighted by Crippen LogP contribution is -2.40. The Morgan fingerprint density at radius 1 is 1.27 bits per heavy atom. The Labute approximate surface area is 90.7 Å². The summed E-state index contributed by atoms with van der Waals surface area (Å²) in [5.74, 6) is 0.980. The molecule has 0 N–H and O–H groups in total. The SMILES string of the molecule is CC1=C2C[C@@H](C)CC(=O)[C@@]2(C)CCC1=O. The summed E-state index contributed by atoms with van der Waals surface area (Å²) in [6.45, 7) is 6.00. The number of ketones is 2. The first-order valence-electron chi connectivity index (χ1n) is 5.72. The maximum Gasteiger partial charge on any atom is 0.158 e. The highest BCUT2D eigenvalue weighted by Crippen LogP contribution is 2.47. The Bertz CT molecular complexity index is 365. The molecule has 0 unspecified atom stereocenters. The highest BCUT2D eigenvalue weighted by molar-refractivity contribution is 6.01. The molecular formula is C13H18O2. The lowest BCUT2D eigenvalue weighted by Gasteiger charge is -2.41. The van der Waals surface area contributed by atoms with E-state index in [1.807, 2.05) is 13.8 Å². The molecule has 0 radical (unpaired) electrons. The third-order valence-corrected chi connectivity index (χ3v) is 4.09. The highest BCUT2D eigenvalue weighted by Gasteiger charge is 2.45. The normalized spacial score (nSPS) is 36.9. The number of allylic oxidation sites excluding steroid dienone is 2. The molecule has 2 aliphatic rings. The molecule has 2 heteroatoms. The number of fused-ring (bicyclic) bond motifs is 1. The molecule has 2 rings (SSSR count). The van der Waals surface area contributed by atoms with Crippen LogP contribution in [0.15, 0.2) is 11.1 Å². The fraction of sp³-hybridized carbons (Fsp3) is 0.692. The van der Waals surface area contributed by atoms with E-state index in [9.17, 15) is 9.59 Å². The van der Waals surface area contributed by atoms with E-state index in [1.165, 1.54) is 0 Å². The van der Waals surface area contributed by atoms with E-state index in [0.717, 1.165) is 24.0 Å². The van der Waals surface area contributed by atoms with Crippen LogP contribution in [0.2, 0.25) is 0 Å². The Morgan fingerprint density at radius 2 is 1.93 bits per heavy atom. The van der Waals surface area contributed by atoms with Gasteiger partial charge in [-0.25, -0.2) is 0 Å². The minimum atomic E-state index is -0.315. The zero-order chi connectivity index (χ0) is 11.2. The monoisotopic (exact) mass is 206 g/mol. The molecule has 0 spiro atoms. The van der Waals surface area contributed by atoms with Crippen LogP contribution in [0.5, 0.6) is 0 Å². The van der Waals surface area contributed by atoms with Crippen LogP contribution in [0.4, 0.5) is 0 Å². The number of carbonyl (C=O) groups excluding carboxylic acids is 2. The second-order valence-corrected chi connectivity index (χ2v) is 5.30. The molecule has 82 valence electrons. The summed E-state index contributed by atoms with van der Waals surface area (Å²) in [4.78, 5) is 23.7. The zero-order valence-corrected chi connectivity index (χ0v) is 9.72. The number of hydrogen-bond acceptors (Lipinski definition) is 2. The molecule has 0 amide bonds. The second-order valence-electron chi connectivity index (χ2n) is 5.30. The molecule has 0 heterocycles. The smallest absolute Gasteiger partial charge is 0.158 e. The number of hydrogen-bond donors (Lipinski definition) is 0. The summed E-state index contributed by atoms with van der Waals surface area (Å²) in [5.41, 5.74) is 1.68. The Hall–Kier alpha value is -0.920. The van der Waals surface area contributed by atoms with Crippen molar-refractivity contribution in [1.82, 2.24) is 0 Å². The van der Waals surface area contributed by atoms with Gasteiger partial charge in [-0.05, 0) is 38.2 Å². The highest BCUT2D eigenvalue weighted by atomic mass is 16.1. The average molecular weight is 206 g/mol. The van der Waals surface area contributed by atoms with Crippen molar-refractivity contribution in [2.45, 2.75) is 46.5 Å². The maximum absolute atomic E-state index is 12.1. The van der Waals surface area contributed by atoms with E-state index < -0.39 is 0 Å². The molecule has 0 saturated heterocycles. The molecule has 0 aliphatic heterocycles. The van der Waals surface area contributed by atoms with Crippen molar-refractivity contribution in [3.8, 4) is 0 Å². The lowest BCUT2D eigenvalue weighted by atomic mass is 9.61. The fourth-order valence-electron chi connectivity index (χ4n) is 2.93. The van der Waals surface area contributed by atoms with E-state index >= 15 is 0 Å². The van der Waals surface area contributed by atoms with Gasteiger partial charge in [-0.3, -0.25) is 9.59 Å². The van der Waals surface area contributed by atoms with Crippen LogP contribution in [0.25, 0.3) is 0 Å². The van der Waals surface area contributed by atoms with Gasteiger partial charge in [0.15, 0.2) is 5.78 Å². The number of carbonyl (C=O) groups is 2. The van der Waals surface area contributed by atoms with Gasteiger partial charge in [0.1, 0.15) is 5.78 Å². The maximum atomic E-state index is 12.1. The van der Waals surface area contributed by atoms with Crippen LogP contribution in [0.3, 0.4) is 0 Å². The van der Waals surface area contributed by atoms with Crippen LogP contribution in [-0.2, 0) is 9.59 Å². The quantitative estimate of drug-likeness (QED) is 0.610. The van der Waals surface area contributed by atoms with Gasteiger partial charge in [0.05, 0.1) is 0 Å². The molecule has 1 saturated carbocycles. The van der Waals surface area contributed by atoms with Gasteiger partial charge in [-0.1, -0.05) is 12.5 Å². The molecule has 1 fully saturated rings. The zero-order valence-electron chi connectivity index (χ0n) is 9.72. The van der Waals surface area contributed by atoms with Crippen LogP contribution in [0.1, 0.15) is 46.5 Å². The molecule has 0 aromatic heterocycles. The molecule has 0 bridgehead atoms. The molecule has 2 aliphatic carbocycles. The van der Waals surface area contributed by atoms with Crippen molar-refractivity contribution in [3.05, 3.63) is 11.1 Å². The van der Waals surface area contributed by atoms with Crippen LogP contribution in [0, 0.1) is 11.3 Å². The van der Waals surface area contributed by atoms with Crippen molar-refractivity contribution in [2.24, 2.45) is 11.3 Å². The van der Waals surface area contributed by atoms with Crippen LogP contribution >= 0.6 is 0 Å². The molecule has 0 aromatic rings. The minimum Gasteiger partial charge on any atom is -0.299 e. The summed E-state index contributed by atoms with van der Waals surface area (Å²) in [7, 11) is 0.